The first-order chi connectivity index (χ1) is 36.2. The van der Waals surface area contributed by atoms with E-state index >= 15 is 0 Å². The molecule has 0 radical (unpaired) electrons. The summed E-state index contributed by atoms with van der Waals surface area (Å²) in [5.74, 6) is 0. The predicted molar refractivity (Wildman–Crippen MR) is 342 cm³/mol. The van der Waals surface area contributed by atoms with Crippen molar-refractivity contribution in [3.05, 3.63) is 86.0 Å². The van der Waals surface area contributed by atoms with E-state index in [-0.39, 0.29) is 0 Å². The monoisotopic (exact) mass is 1110 g/mol. The van der Waals surface area contributed by atoms with Crippen molar-refractivity contribution in [3.63, 3.8) is 0 Å². The first-order valence-corrected chi connectivity index (χ1v) is 41.7. The van der Waals surface area contributed by atoms with Gasteiger partial charge in [0.1, 0.15) is 0 Å². The van der Waals surface area contributed by atoms with Crippen LogP contribution < -0.4 is 0 Å². The van der Waals surface area contributed by atoms with Gasteiger partial charge in [-0.1, -0.05) is 169 Å². The van der Waals surface area contributed by atoms with E-state index in [1.807, 2.05) is 14.4 Å². The van der Waals surface area contributed by atoms with Gasteiger partial charge in [0.2, 0.25) is 11.4 Å². The zero-order chi connectivity index (χ0) is 55.2. The Morgan fingerprint density at radius 2 is 0.653 bits per heavy atom. The van der Waals surface area contributed by atoms with E-state index in [9.17, 15) is 5.53 Å². The van der Waals surface area contributed by atoms with E-state index < -0.39 is 16.1 Å². The molecule has 3 rings (SSSR count). The summed E-state index contributed by atoms with van der Waals surface area (Å²) in [6, 6.07) is 12.8. The number of unbranched alkanes of at least 4 members (excludes halogenated alkanes) is 23. The van der Waals surface area contributed by atoms with E-state index in [0.29, 0.717) is 0 Å². The number of hydrogen-bond donors (Lipinski definition) is 0. The molecule has 0 N–H and O–H groups in total. The van der Waals surface area contributed by atoms with Crippen molar-refractivity contribution in [1.82, 2.24) is 0 Å². The van der Waals surface area contributed by atoms with Crippen molar-refractivity contribution in [3.8, 4) is 0 Å². The molecule has 0 atom stereocenters. The molecule has 0 spiro atoms. The summed E-state index contributed by atoms with van der Waals surface area (Å²) in [6.07, 6.45) is 50.6. The molecule has 0 aliphatic carbocycles. The first-order valence-electron chi connectivity index (χ1n) is 32.9. The maximum atomic E-state index is 12.7. The fourth-order valence-electron chi connectivity index (χ4n) is 11.0. The zero-order valence-electron chi connectivity index (χ0n) is 52.6. The third kappa shape index (κ3) is 30.6. The Kier molecular flexibility index (Phi) is 39.3. The number of benzene rings is 2. The average Bonchev–Trinajstić information content (AvgIpc) is 3.70. The molecule has 2 aromatic rings. The quantitative estimate of drug-likeness (QED) is 0.0359. The number of rotatable bonds is 45. The fourth-order valence-corrected chi connectivity index (χ4v) is 14.2. The van der Waals surface area contributed by atoms with E-state index in [0.717, 1.165) is 43.5 Å². The summed E-state index contributed by atoms with van der Waals surface area (Å²) in [6.45, 7) is 31.4. The van der Waals surface area contributed by atoms with Crippen LogP contribution in [0, 0.1) is 0 Å². The van der Waals surface area contributed by atoms with Crippen LogP contribution in [0.15, 0.2) is 35.9 Å². The second-order valence-corrected chi connectivity index (χ2v) is 38.5. The molecule has 434 valence electrons. The van der Waals surface area contributed by atoms with Gasteiger partial charge >= 0.3 is 116 Å². The molecule has 2 nitrogen and oxygen atoms in total. The molecule has 0 saturated carbocycles. The number of aryl methyl sites for hydroxylation is 4. The normalized spacial score (nSPS) is 13.1. The Hall–Kier alpha value is -1.55. The van der Waals surface area contributed by atoms with Gasteiger partial charge in [0.15, 0.2) is 0 Å². The molecule has 1 aliphatic rings. The van der Waals surface area contributed by atoms with Gasteiger partial charge in [-0.2, -0.15) is 0 Å². The summed E-state index contributed by atoms with van der Waals surface area (Å²) in [4.78, 5) is 0. The van der Waals surface area contributed by atoms with Gasteiger partial charge in [-0.25, -0.2) is 4.70 Å². The van der Waals surface area contributed by atoms with Crippen LogP contribution in [0.2, 0.25) is 62.2 Å². The van der Waals surface area contributed by atoms with Crippen LogP contribution in [-0.2, 0) is 53.0 Å². The molecule has 0 unspecified atom stereocenters. The van der Waals surface area contributed by atoms with Gasteiger partial charge in [0, 0.05) is 38.9 Å². The van der Waals surface area contributed by atoms with Crippen molar-refractivity contribution in [2.45, 2.75) is 348 Å². The van der Waals surface area contributed by atoms with Crippen LogP contribution in [0.1, 0.15) is 292 Å². The molecular weight excluding hydrogens is 984 g/mol. The minimum atomic E-state index is -1.21. The Morgan fingerprint density at radius 1 is 0.360 bits per heavy atom. The van der Waals surface area contributed by atoms with Gasteiger partial charge in [-0.15, -0.1) is 0 Å². The van der Waals surface area contributed by atoms with Gasteiger partial charge in [0.05, 0.1) is 0 Å². The van der Waals surface area contributed by atoms with Crippen LogP contribution in [0.3, 0.4) is 0 Å². The van der Waals surface area contributed by atoms with Crippen LogP contribution in [-0.4, -0.2) is 20.8 Å². The van der Waals surface area contributed by atoms with E-state index in [4.69, 9.17) is 0 Å². The topological polar surface area (TPSA) is 25.3 Å². The Labute approximate surface area is 477 Å². The van der Waals surface area contributed by atoms with Crippen LogP contribution >= 0.6 is 0 Å². The Morgan fingerprint density at radius 3 is 1.00 bits per heavy atom. The number of nitrogens with zero attached hydrogens (tertiary/aromatic N) is 2. The number of allylic oxidation sites excluding steroid dienone is 2. The third-order valence-electron chi connectivity index (χ3n) is 15.9. The molecular formula is C70H126N2NiSi2. The van der Waals surface area contributed by atoms with Crippen LogP contribution in [0.5, 0.6) is 0 Å². The standard InChI is InChI=1S/C54H92N2Si2.2C8H17.Ni/c1-12-17-22-23-24-29-34-48-43-53(49-39-44(30-25-18-13-2)51(35-37-57(6,7)8)45(40-49)31-26-19-14-3)56(55)54(48)50-41-46(32-27-20-15-4)52(36-38-58(9,10)11)47(42-50)33-28-21-16-5;2*1-3-5-7-8-6-4-2;/h39-43H,12-38H2,1-11H3;2*1,3-8H2,2H3;. The maximum absolute atomic E-state index is 12.7. The molecule has 0 saturated heterocycles. The fraction of sp³-hybridized carbons (Fsp3) is 0.771. The zero-order valence-corrected chi connectivity index (χ0v) is 55.6. The minimum absolute atomic E-state index is 1.00. The van der Waals surface area contributed by atoms with Crippen molar-refractivity contribution in [2.75, 3.05) is 0 Å². The second kappa shape index (κ2) is 42.4. The van der Waals surface area contributed by atoms with Crippen molar-refractivity contribution < 1.29 is 19.1 Å². The van der Waals surface area contributed by atoms with Crippen molar-refractivity contribution >= 4 is 27.5 Å². The van der Waals surface area contributed by atoms with Gasteiger partial charge < -0.3 is 5.53 Å². The van der Waals surface area contributed by atoms with Crippen LogP contribution in [0.25, 0.3) is 16.9 Å². The molecule has 0 bridgehead atoms. The average molecular weight is 1110 g/mol. The summed E-state index contributed by atoms with van der Waals surface area (Å²) in [5.41, 5.74) is 28.1. The van der Waals surface area contributed by atoms with Crippen LogP contribution in [0.4, 0.5) is 0 Å². The molecule has 0 fully saturated rings. The SMILES string of the molecule is CCCCCCCCC1=C(c2cc(CCCCC)c(CC[Si](C)(C)C)c(CCCCC)c2)[N+](=[N-])C(c2cc(CCCCC)c(CC[Si](C)(C)C)c(CCCCC)c2)=C1.CCCCCCC[CH2][Ni][CH2]CCCCCCC. The van der Waals surface area contributed by atoms with Gasteiger partial charge in [-0.3, -0.25) is 0 Å². The summed E-state index contributed by atoms with van der Waals surface area (Å²) < 4.78 is 1.66. The molecule has 2 aromatic carbocycles. The molecule has 1 heterocycles. The van der Waals surface area contributed by atoms with Gasteiger partial charge in [-0.05, 0) is 135 Å². The molecule has 75 heavy (non-hydrogen) atoms. The van der Waals surface area contributed by atoms with E-state index in [1.54, 1.807) is 38.1 Å². The Balaban J connectivity index is 0.000000964. The van der Waals surface area contributed by atoms with Gasteiger partial charge in [0.25, 0.3) is 0 Å². The molecule has 0 aromatic heterocycles. The second-order valence-electron chi connectivity index (χ2n) is 25.7. The van der Waals surface area contributed by atoms with Crippen molar-refractivity contribution in [1.29, 1.82) is 0 Å². The first kappa shape index (κ1) is 69.6. The van der Waals surface area contributed by atoms with E-state index in [1.165, 1.54) is 245 Å². The van der Waals surface area contributed by atoms with E-state index in [2.05, 4.69) is 118 Å². The predicted octanol–water partition coefficient (Wildman–Crippen LogP) is 24.6. The molecule has 5 heteroatoms. The molecule has 1 aliphatic heterocycles. The summed E-state index contributed by atoms with van der Waals surface area (Å²) in [5, 5.41) is 2.85. The van der Waals surface area contributed by atoms with Crippen molar-refractivity contribution in [2.24, 2.45) is 0 Å². The third-order valence-corrected chi connectivity index (χ3v) is 20.8. The summed E-state index contributed by atoms with van der Waals surface area (Å²) in [7, 11) is -2.42. The molecule has 0 amide bonds. The number of hydrogen-bond acceptors (Lipinski definition) is 0. The summed E-state index contributed by atoms with van der Waals surface area (Å²) >= 11 is 2.01. The Bertz CT molecular complexity index is 1780.